The maximum atomic E-state index is 13.0. The summed E-state index contributed by atoms with van der Waals surface area (Å²) in [5.74, 6) is 6.54. The fourth-order valence-electron chi connectivity index (χ4n) is 3.35. The number of nitrogens with two attached hydrogens (primary N) is 1. The molecule has 134 valence electrons. The second-order valence-electron chi connectivity index (χ2n) is 6.64. The predicted octanol–water partition coefficient (Wildman–Crippen LogP) is 0.772. The second-order valence-corrected chi connectivity index (χ2v) is 6.64. The molecule has 0 radical (unpaired) electrons. The number of hydrogen-bond acceptors (Lipinski definition) is 6. The fourth-order valence-corrected chi connectivity index (χ4v) is 3.35. The van der Waals surface area contributed by atoms with E-state index in [0.29, 0.717) is 22.7 Å². The lowest BCUT2D eigenvalue weighted by Crippen LogP contribution is -2.27. The average molecular weight is 352 g/mol. The Morgan fingerprint density at radius 2 is 1.88 bits per heavy atom. The second kappa shape index (κ2) is 5.32. The van der Waals surface area contributed by atoms with Crippen molar-refractivity contribution in [1.82, 2.24) is 29.2 Å². The van der Waals surface area contributed by atoms with Gasteiger partial charge in [-0.2, -0.15) is 14.9 Å². The van der Waals surface area contributed by atoms with Crippen molar-refractivity contribution in [3.05, 3.63) is 34.2 Å². The molecular weight excluding hydrogens is 332 g/mol. The van der Waals surface area contributed by atoms with Crippen LogP contribution in [0.2, 0.25) is 0 Å². The summed E-state index contributed by atoms with van der Waals surface area (Å²) in [7, 11) is 7.23. The topological polar surface area (TPSA) is 99.8 Å². The monoisotopic (exact) mass is 352 g/mol. The molecule has 4 rings (SSSR count). The predicted molar refractivity (Wildman–Crippen MR) is 102 cm³/mol. The quantitative estimate of drug-likeness (QED) is 0.535. The van der Waals surface area contributed by atoms with Crippen LogP contribution in [0.4, 0.5) is 5.95 Å². The van der Waals surface area contributed by atoms with Crippen LogP contribution in [0, 0.1) is 6.92 Å². The normalized spacial score (nSPS) is 11.6. The smallest absolute Gasteiger partial charge is 0.266 e. The van der Waals surface area contributed by atoms with Gasteiger partial charge in [0.1, 0.15) is 11.1 Å². The maximum Gasteiger partial charge on any atom is 0.266 e. The number of aryl methyl sites for hydroxylation is 2. The standard InChI is InChI=1S/C17H20N8O/c1-9-10(6-7-12-11(9)8-23(4)20-12)14-13-15(25(18)21-14)19-17(22(2)3)24(5)16(13)26/h6-8H,18H2,1-5H3. The molecule has 0 saturated carbocycles. The van der Waals surface area contributed by atoms with E-state index in [1.54, 1.807) is 16.6 Å². The Bertz CT molecular complexity index is 1230. The number of hydrogen-bond donors (Lipinski definition) is 1. The van der Waals surface area contributed by atoms with E-state index in [0.717, 1.165) is 22.0 Å². The SMILES string of the molecule is Cc1c(-c2nn(N)c3nc(N(C)C)n(C)c(=O)c23)ccc2nn(C)cc12. The van der Waals surface area contributed by atoms with Crippen LogP contribution in [-0.4, -0.2) is 43.3 Å². The number of aromatic nitrogens is 6. The minimum absolute atomic E-state index is 0.184. The molecule has 3 aromatic heterocycles. The summed E-state index contributed by atoms with van der Waals surface area (Å²) in [4.78, 5) is 20.5. The van der Waals surface area contributed by atoms with E-state index in [1.165, 1.54) is 9.36 Å². The van der Waals surface area contributed by atoms with Crippen LogP contribution in [0.15, 0.2) is 23.1 Å². The van der Waals surface area contributed by atoms with Gasteiger partial charge in [-0.3, -0.25) is 14.0 Å². The summed E-state index contributed by atoms with van der Waals surface area (Å²) in [5, 5.41) is 10.3. The maximum absolute atomic E-state index is 13.0. The minimum atomic E-state index is -0.184. The van der Waals surface area contributed by atoms with Crippen molar-refractivity contribution in [3.8, 4) is 11.3 Å². The van der Waals surface area contributed by atoms with Gasteiger partial charge in [-0.05, 0) is 18.6 Å². The average Bonchev–Trinajstić information content (AvgIpc) is 3.11. The van der Waals surface area contributed by atoms with E-state index in [4.69, 9.17) is 5.84 Å². The van der Waals surface area contributed by atoms with E-state index in [-0.39, 0.29) is 5.56 Å². The van der Waals surface area contributed by atoms with Gasteiger partial charge in [0.05, 0.1) is 5.52 Å². The van der Waals surface area contributed by atoms with Gasteiger partial charge in [0.15, 0.2) is 5.65 Å². The first kappa shape index (κ1) is 16.1. The Hall–Kier alpha value is -3.36. The van der Waals surface area contributed by atoms with Crippen molar-refractivity contribution in [1.29, 1.82) is 0 Å². The first-order valence-corrected chi connectivity index (χ1v) is 8.15. The van der Waals surface area contributed by atoms with Crippen LogP contribution in [0.3, 0.4) is 0 Å². The largest absolute Gasteiger partial charge is 0.348 e. The molecule has 0 aliphatic rings. The summed E-state index contributed by atoms with van der Waals surface area (Å²) < 4.78 is 3.27. The zero-order chi connectivity index (χ0) is 18.7. The van der Waals surface area contributed by atoms with Gasteiger partial charge in [0.2, 0.25) is 5.95 Å². The highest BCUT2D eigenvalue weighted by Gasteiger charge is 2.21. The van der Waals surface area contributed by atoms with Gasteiger partial charge in [0.25, 0.3) is 5.56 Å². The Balaban J connectivity index is 2.09. The summed E-state index contributed by atoms with van der Waals surface area (Å²) in [5.41, 5.74) is 3.44. The van der Waals surface area contributed by atoms with Gasteiger partial charge in [-0.15, -0.1) is 5.10 Å². The molecule has 4 aromatic rings. The van der Waals surface area contributed by atoms with E-state index in [1.807, 2.05) is 46.4 Å². The van der Waals surface area contributed by atoms with Crippen LogP contribution in [-0.2, 0) is 14.1 Å². The van der Waals surface area contributed by atoms with Crippen molar-refractivity contribution >= 4 is 27.9 Å². The van der Waals surface area contributed by atoms with Crippen LogP contribution >= 0.6 is 0 Å². The van der Waals surface area contributed by atoms with Crippen molar-refractivity contribution in [3.63, 3.8) is 0 Å². The summed E-state index contributed by atoms with van der Waals surface area (Å²) >= 11 is 0. The van der Waals surface area contributed by atoms with Crippen LogP contribution in [0.1, 0.15) is 5.56 Å². The van der Waals surface area contributed by atoms with Gasteiger partial charge in [-0.25, -0.2) is 0 Å². The van der Waals surface area contributed by atoms with Gasteiger partial charge in [-0.1, -0.05) is 6.07 Å². The number of nitrogens with zero attached hydrogens (tertiary/aromatic N) is 7. The zero-order valence-corrected chi connectivity index (χ0v) is 15.3. The molecule has 0 amide bonds. The Kier molecular flexibility index (Phi) is 3.30. The highest BCUT2D eigenvalue weighted by atomic mass is 16.1. The molecule has 9 nitrogen and oxygen atoms in total. The molecule has 1 aromatic carbocycles. The summed E-state index contributed by atoms with van der Waals surface area (Å²) in [6, 6.07) is 3.84. The number of rotatable bonds is 2. The lowest BCUT2D eigenvalue weighted by Gasteiger charge is -2.15. The number of nitrogen functional groups attached to an aromatic ring is 1. The molecule has 0 atom stereocenters. The first-order valence-electron chi connectivity index (χ1n) is 8.15. The van der Waals surface area contributed by atoms with Crippen molar-refractivity contribution in [2.75, 3.05) is 24.8 Å². The Morgan fingerprint density at radius 3 is 2.58 bits per heavy atom. The van der Waals surface area contributed by atoms with Crippen LogP contribution in [0.25, 0.3) is 33.2 Å². The molecule has 26 heavy (non-hydrogen) atoms. The molecule has 9 heteroatoms. The molecule has 0 unspecified atom stereocenters. The molecule has 0 saturated heterocycles. The Labute approximate surface area is 149 Å². The zero-order valence-electron chi connectivity index (χ0n) is 15.3. The van der Waals surface area contributed by atoms with E-state index in [9.17, 15) is 4.79 Å². The van der Waals surface area contributed by atoms with Crippen molar-refractivity contribution < 1.29 is 0 Å². The molecule has 0 aliphatic carbocycles. The van der Waals surface area contributed by atoms with Crippen molar-refractivity contribution in [2.45, 2.75) is 6.92 Å². The first-order chi connectivity index (χ1) is 12.3. The molecule has 0 fully saturated rings. The lowest BCUT2D eigenvalue weighted by molar-refractivity contribution is 0.779. The molecule has 0 spiro atoms. The molecular formula is C17H20N8O. The summed E-state index contributed by atoms with van der Waals surface area (Å²) in [6.45, 7) is 1.99. The van der Waals surface area contributed by atoms with E-state index < -0.39 is 0 Å². The van der Waals surface area contributed by atoms with E-state index in [2.05, 4.69) is 15.2 Å². The van der Waals surface area contributed by atoms with Crippen molar-refractivity contribution in [2.24, 2.45) is 14.1 Å². The number of benzene rings is 1. The molecule has 0 bridgehead atoms. The third-order valence-corrected chi connectivity index (χ3v) is 4.64. The number of anilines is 1. The van der Waals surface area contributed by atoms with Gasteiger partial charge < -0.3 is 10.7 Å². The molecule has 0 aliphatic heterocycles. The minimum Gasteiger partial charge on any atom is -0.348 e. The molecule has 3 heterocycles. The van der Waals surface area contributed by atoms with Crippen LogP contribution in [0.5, 0.6) is 0 Å². The van der Waals surface area contributed by atoms with Gasteiger partial charge >= 0.3 is 0 Å². The van der Waals surface area contributed by atoms with Gasteiger partial charge in [0, 0.05) is 45.3 Å². The number of fused-ring (bicyclic) bond motifs is 2. The van der Waals surface area contributed by atoms with E-state index >= 15 is 0 Å². The fraction of sp³-hybridized carbons (Fsp3) is 0.294. The lowest BCUT2D eigenvalue weighted by atomic mass is 10.0. The molecule has 2 N–H and O–H groups in total. The Morgan fingerprint density at radius 1 is 1.15 bits per heavy atom. The summed E-state index contributed by atoms with van der Waals surface area (Å²) in [6.07, 6.45) is 1.95. The highest BCUT2D eigenvalue weighted by Crippen LogP contribution is 2.31. The van der Waals surface area contributed by atoms with Crippen LogP contribution < -0.4 is 16.3 Å². The third-order valence-electron chi connectivity index (χ3n) is 4.64. The highest BCUT2D eigenvalue weighted by molar-refractivity contribution is 5.96. The third kappa shape index (κ3) is 2.10.